The van der Waals surface area contributed by atoms with Crippen LogP contribution >= 0.6 is 11.8 Å². The quantitative estimate of drug-likeness (QED) is 0.826. The van der Waals surface area contributed by atoms with Crippen LogP contribution in [-0.4, -0.2) is 36.7 Å². The standard InChI is InChI=1S/C20H18N2O4S/c23-18-12-27-17-8-7-14(10-15(17)21-18)20(25)26-11-19(24)22-9-3-5-13-4-1-2-6-16(13)22/h1-2,4,6-8,10H,3,5,9,11-12H2,(H,21,23). The molecule has 0 bridgehead atoms. The Hall–Kier alpha value is -2.80. The molecule has 1 N–H and O–H groups in total. The topological polar surface area (TPSA) is 75.7 Å². The summed E-state index contributed by atoms with van der Waals surface area (Å²) in [4.78, 5) is 39.0. The minimum absolute atomic E-state index is 0.100. The molecule has 0 unspecified atom stereocenters. The number of para-hydroxylation sites is 1. The van der Waals surface area contributed by atoms with Crippen LogP contribution in [0, 0.1) is 0 Å². The average Bonchev–Trinajstić information content (AvgIpc) is 2.70. The number of aryl methyl sites for hydroxylation is 1. The van der Waals surface area contributed by atoms with E-state index in [0.717, 1.165) is 29.0 Å². The van der Waals surface area contributed by atoms with Gasteiger partial charge in [0.1, 0.15) is 0 Å². The number of nitrogens with zero attached hydrogens (tertiary/aromatic N) is 1. The second kappa shape index (κ2) is 7.44. The van der Waals surface area contributed by atoms with Crippen molar-refractivity contribution in [1.82, 2.24) is 0 Å². The minimum Gasteiger partial charge on any atom is -0.452 e. The summed E-state index contributed by atoms with van der Waals surface area (Å²) in [5.41, 5.74) is 2.93. The second-order valence-electron chi connectivity index (χ2n) is 6.40. The minimum atomic E-state index is -0.582. The SMILES string of the molecule is O=C1CSc2ccc(C(=O)OCC(=O)N3CCCc4ccccc43)cc2N1. The maximum absolute atomic E-state index is 12.6. The van der Waals surface area contributed by atoms with Gasteiger partial charge in [-0.2, -0.15) is 0 Å². The van der Waals surface area contributed by atoms with Crippen LogP contribution in [0.2, 0.25) is 0 Å². The summed E-state index contributed by atoms with van der Waals surface area (Å²) in [5, 5.41) is 2.74. The molecule has 0 saturated heterocycles. The van der Waals surface area contributed by atoms with Crippen molar-refractivity contribution >= 4 is 40.9 Å². The van der Waals surface area contributed by atoms with E-state index in [2.05, 4.69) is 5.32 Å². The predicted molar refractivity (Wildman–Crippen MR) is 103 cm³/mol. The summed E-state index contributed by atoms with van der Waals surface area (Å²) in [7, 11) is 0. The van der Waals surface area contributed by atoms with Gasteiger partial charge in [0.25, 0.3) is 5.91 Å². The molecule has 0 fully saturated rings. The average molecular weight is 382 g/mol. The zero-order valence-corrected chi connectivity index (χ0v) is 15.4. The Kier molecular flexibility index (Phi) is 4.85. The maximum Gasteiger partial charge on any atom is 0.338 e. The van der Waals surface area contributed by atoms with Crippen molar-refractivity contribution in [3.8, 4) is 0 Å². The highest BCUT2D eigenvalue weighted by atomic mass is 32.2. The van der Waals surface area contributed by atoms with Crippen LogP contribution in [0.15, 0.2) is 47.4 Å². The number of amides is 2. The third-order valence-corrected chi connectivity index (χ3v) is 5.66. The molecule has 0 radical (unpaired) electrons. The molecule has 0 saturated carbocycles. The zero-order valence-electron chi connectivity index (χ0n) is 14.6. The number of nitrogens with one attached hydrogen (secondary N) is 1. The van der Waals surface area contributed by atoms with Gasteiger partial charge >= 0.3 is 5.97 Å². The van der Waals surface area contributed by atoms with Crippen LogP contribution in [-0.2, 0) is 20.7 Å². The molecule has 0 aliphatic carbocycles. The normalized spacial score (nSPS) is 15.4. The fourth-order valence-electron chi connectivity index (χ4n) is 3.29. The predicted octanol–water partition coefficient (Wildman–Crippen LogP) is 2.87. The summed E-state index contributed by atoms with van der Waals surface area (Å²) >= 11 is 1.42. The Balaban J connectivity index is 1.42. The Morgan fingerprint density at radius 3 is 2.93 bits per heavy atom. The lowest BCUT2D eigenvalue weighted by Crippen LogP contribution is -2.38. The molecule has 2 aromatic carbocycles. The largest absolute Gasteiger partial charge is 0.452 e. The van der Waals surface area contributed by atoms with Crippen molar-refractivity contribution in [2.24, 2.45) is 0 Å². The van der Waals surface area contributed by atoms with E-state index < -0.39 is 5.97 Å². The van der Waals surface area contributed by atoms with E-state index in [1.165, 1.54) is 11.8 Å². The molecular formula is C20H18N2O4S. The molecule has 27 heavy (non-hydrogen) atoms. The van der Waals surface area contributed by atoms with Gasteiger partial charge in [0.15, 0.2) is 6.61 Å². The summed E-state index contributed by atoms with van der Waals surface area (Å²) in [5.74, 6) is -0.557. The lowest BCUT2D eigenvalue weighted by Gasteiger charge is -2.29. The van der Waals surface area contributed by atoms with E-state index in [1.54, 1.807) is 23.1 Å². The van der Waals surface area contributed by atoms with Gasteiger partial charge in [0, 0.05) is 17.1 Å². The van der Waals surface area contributed by atoms with Gasteiger partial charge < -0.3 is 15.0 Å². The van der Waals surface area contributed by atoms with Gasteiger partial charge in [-0.25, -0.2) is 4.79 Å². The molecule has 0 atom stereocenters. The molecule has 2 heterocycles. The van der Waals surface area contributed by atoms with E-state index in [9.17, 15) is 14.4 Å². The first-order valence-electron chi connectivity index (χ1n) is 8.74. The van der Waals surface area contributed by atoms with Crippen LogP contribution in [0.1, 0.15) is 22.3 Å². The molecule has 0 spiro atoms. The molecule has 0 aromatic heterocycles. The number of fused-ring (bicyclic) bond motifs is 2. The smallest absolute Gasteiger partial charge is 0.338 e. The second-order valence-corrected chi connectivity index (χ2v) is 7.42. The van der Waals surface area contributed by atoms with Crippen molar-refractivity contribution in [2.45, 2.75) is 17.7 Å². The van der Waals surface area contributed by atoms with Crippen LogP contribution in [0.4, 0.5) is 11.4 Å². The molecule has 2 amide bonds. The number of hydrogen-bond donors (Lipinski definition) is 1. The molecule has 2 aromatic rings. The number of hydrogen-bond acceptors (Lipinski definition) is 5. The van der Waals surface area contributed by atoms with E-state index in [1.807, 2.05) is 24.3 Å². The summed E-state index contributed by atoms with van der Waals surface area (Å²) < 4.78 is 5.23. The summed E-state index contributed by atoms with van der Waals surface area (Å²) in [6, 6.07) is 12.8. The Bertz CT molecular complexity index is 928. The number of thioether (sulfide) groups is 1. The maximum atomic E-state index is 12.6. The number of ether oxygens (including phenoxy) is 1. The zero-order chi connectivity index (χ0) is 18.8. The highest BCUT2D eigenvalue weighted by Crippen LogP contribution is 2.32. The fraction of sp³-hybridized carbons (Fsp3) is 0.250. The summed E-state index contributed by atoms with van der Waals surface area (Å²) in [6.45, 7) is 0.306. The molecule has 6 nitrogen and oxygen atoms in total. The van der Waals surface area contributed by atoms with Gasteiger partial charge in [0.05, 0.1) is 17.0 Å². The van der Waals surface area contributed by atoms with Gasteiger partial charge in [-0.1, -0.05) is 18.2 Å². The van der Waals surface area contributed by atoms with E-state index in [4.69, 9.17) is 4.74 Å². The Labute approximate surface area is 160 Å². The Morgan fingerprint density at radius 1 is 1.19 bits per heavy atom. The lowest BCUT2D eigenvalue weighted by atomic mass is 10.0. The van der Waals surface area contributed by atoms with Crippen molar-refractivity contribution in [3.63, 3.8) is 0 Å². The highest BCUT2D eigenvalue weighted by molar-refractivity contribution is 8.00. The number of esters is 1. The molecule has 138 valence electrons. The number of rotatable bonds is 3. The van der Waals surface area contributed by atoms with Gasteiger partial charge in [-0.05, 0) is 42.7 Å². The van der Waals surface area contributed by atoms with Gasteiger partial charge in [0.2, 0.25) is 5.91 Å². The van der Waals surface area contributed by atoms with E-state index in [0.29, 0.717) is 23.5 Å². The molecular weight excluding hydrogens is 364 g/mol. The number of benzene rings is 2. The molecule has 4 rings (SSSR count). The molecule has 2 aliphatic rings. The molecule has 7 heteroatoms. The number of anilines is 2. The van der Waals surface area contributed by atoms with Gasteiger partial charge in [-0.15, -0.1) is 11.8 Å². The lowest BCUT2D eigenvalue weighted by molar-refractivity contribution is -0.121. The molecule has 2 aliphatic heterocycles. The van der Waals surface area contributed by atoms with Crippen LogP contribution in [0.3, 0.4) is 0 Å². The van der Waals surface area contributed by atoms with Crippen LogP contribution in [0.25, 0.3) is 0 Å². The number of carbonyl (C=O) groups is 3. The first-order chi connectivity index (χ1) is 13.1. The first kappa shape index (κ1) is 17.6. The third kappa shape index (κ3) is 3.68. The van der Waals surface area contributed by atoms with Gasteiger partial charge in [-0.3, -0.25) is 9.59 Å². The fourth-order valence-corrected chi connectivity index (χ4v) is 4.08. The third-order valence-electron chi connectivity index (χ3n) is 4.59. The highest BCUT2D eigenvalue weighted by Gasteiger charge is 2.24. The summed E-state index contributed by atoms with van der Waals surface area (Å²) in [6.07, 6.45) is 1.83. The Morgan fingerprint density at radius 2 is 2.04 bits per heavy atom. The van der Waals surface area contributed by atoms with Crippen molar-refractivity contribution < 1.29 is 19.1 Å². The van der Waals surface area contributed by atoms with Crippen molar-refractivity contribution in [2.75, 3.05) is 29.1 Å². The van der Waals surface area contributed by atoms with Crippen molar-refractivity contribution in [1.29, 1.82) is 0 Å². The van der Waals surface area contributed by atoms with Crippen LogP contribution < -0.4 is 10.2 Å². The van der Waals surface area contributed by atoms with E-state index in [-0.39, 0.29) is 18.4 Å². The number of carbonyl (C=O) groups excluding carboxylic acids is 3. The van der Waals surface area contributed by atoms with Crippen LogP contribution in [0.5, 0.6) is 0 Å². The first-order valence-corrected chi connectivity index (χ1v) is 9.72. The van der Waals surface area contributed by atoms with Crippen molar-refractivity contribution in [3.05, 3.63) is 53.6 Å². The monoisotopic (exact) mass is 382 g/mol. The van der Waals surface area contributed by atoms with E-state index >= 15 is 0 Å².